The molecular weight excluding hydrogens is 171 g/mol. The summed E-state index contributed by atoms with van der Waals surface area (Å²) in [5.41, 5.74) is 0.956. The molecule has 0 unspecified atom stereocenters. The van der Waals surface area contributed by atoms with Crippen LogP contribution in [-0.2, 0) is 0 Å². The molecule has 0 spiro atoms. The molecule has 0 amide bonds. The average molecular weight is 184 g/mol. The van der Waals surface area contributed by atoms with Gasteiger partial charge in [0.05, 0.1) is 0 Å². The van der Waals surface area contributed by atoms with Crippen LogP contribution in [-0.4, -0.2) is 7.13 Å². The molecule has 1 heterocycles. The number of allylic oxidation sites excluding steroid dienone is 2. The first-order valence-corrected chi connectivity index (χ1v) is 5.04. The van der Waals surface area contributed by atoms with Crippen LogP contribution >= 0.6 is 0 Å². The van der Waals surface area contributed by atoms with E-state index in [0.29, 0.717) is 0 Å². The van der Waals surface area contributed by atoms with Crippen molar-refractivity contribution in [2.24, 2.45) is 0 Å². The third kappa shape index (κ3) is 2.35. The molecule has 0 bridgehead atoms. The summed E-state index contributed by atoms with van der Waals surface area (Å²) in [6, 6.07) is 7.94. The first-order chi connectivity index (χ1) is 6.97. The molecule has 70 valence electrons. The summed E-state index contributed by atoms with van der Waals surface area (Å²) in [6.45, 7) is 0. The number of para-hydroxylation sites is 1. The van der Waals surface area contributed by atoms with Gasteiger partial charge in [-0.05, 0) is 19.3 Å². The molecule has 0 radical (unpaired) electrons. The van der Waals surface area contributed by atoms with Gasteiger partial charge in [-0.2, -0.15) is 0 Å². The van der Waals surface area contributed by atoms with Crippen molar-refractivity contribution in [1.29, 1.82) is 0 Å². The molecule has 14 heavy (non-hydrogen) atoms. The maximum atomic E-state index is 5.12. The van der Waals surface area contributed by atoms with Gasteiger partial charge >= 0.3 is 52.7 Å². The summed E-state index contributed by atoms with van der Waals surface area (Å²) in [5, 5.41) is 1.16. The summed E-state index contributed by atoms with van der Waals surface area (Å²) >= 11 is 0. The Morgan fingerprint density at radius 2 is 1.86 bits per heavy atom. The monoisotopic (exact) mass is 184 g/mol. The van der Waals surface area contributed by atoms with E-state index in [4.69, 9.17) is 4.33 Å². The van der Waals surface area contributed by atoms with Crippen LogP contribution in [0.1, 0.15) is 19.3 Å². The van der Waals surface area contributed by atoms with Crippen molar-refractivity contribution in [2.45, 2.75) is 19.3 Å². The van der Waals surface area contributed by atoms with Gasteiger partial charge in [-0.25, -0.2) is 0 Å². The van der Waals surface area contributed by atoms with Gasteiger partial charge in [0, 0.05) is 0 Å². The van der Waals surface area contributed by atoms with E-state index in [2.05, 4.69) is 12.2 Å². The summed E-state index contributed by atoms with van der Waals surface area (Å²) in [4.78, 5) is 0. The molecule has 1 aromatic carbocycles. The topological polar surface area (TPSA) is 13.1 Å². The fourth-order valence-corrected chi connectivity index (χ4v) is 1.50. The Morgan fingerprint density at radius 3 is 2.50 bits per heavy atom. The second-order valence-corrected chi connectivity index (χ2v) is 3.36. The van der Waals surface area contributed by atoms with Crippen LogP contribution in [0.15, 0.2) is 46.7 Å². The Labute approximate surface area is 84.7 Å². The Balaban J connectivity index is 0.000000128. The molecule has 2 heteroatoms. The van der Waals surface area contributed by atoms with Crippen molar-refractivity contribution < 1.29 is 4.33 Å². The van der Waals surface area contributed by atoms with E-state index in [1.807, 2.05) is 30.2 Å². The summed E-state index contributed by atoms with van der Waals surface area (Å²) in [5.74, 6) is 1.95. The summed E-state index contributed by atoms with van der Waals surface area (Å²) in [6.07, 6.45) is 8.50. The number of benzene rings is 1. The number of fused-ring (bicyclic) bond motifs is 1. The molecule has 0 atom stereocenters. The first kappa shape index (κ1) is 9.26. The molecule has 0 aliphatic heterocycles. The van der Waals surface area contributed by atoms with Crippen LogP contribution < -0.4 is 0 Å². The Hall–Kier alpha value is -1.31. The maximum absolute atomic E-state index is 5.12. The standard InChI is InChI=1S/C7H5BO.C5H8/c1-2-4-7-6(3-1)5-8-9-7;1-2-4-5-3-1/h1-5H;1-2H,3-5H2. The summed E-state index contributed by atoms with van der Waals surface area (Å²) < 4.78 is 5.12. The van der Waals surface area contributed by atoms with Crippen LogP contribution in [0.4, 0.5) is 0 Å². The molecule has 0 N–H and O–H groups in total. The molecule has 0 fully saturated rings. The van der Waals surface area contributed by atoms with Crippen LogP contribution in [0.25, 0.3) is 11.0 Å². The third-order valence-corrected chi connectivity index (χ3v) is 2.27. The fraction of sp³-hybridized carbons (Fsp3) is 0.250. The van der Waals surface area contributed by atoms with Crippen LogP contribution in [0.3, 0.4) is 0 Å². The van der Waals surface area contributed by atoms with Crippen molar-refractivity contribution in [1.82, 2.24) is 0 Å². The van der Waals surface area contributed by atoms with E-state index in [-0.39, 0.29) is 0 Å². The van der Waals surface area contributed by atoms with Crippen LogP contribution in [0.5, 0.6) is 0 Å². The Morgan fingerprint density at radius 1 is 1.07 bits per heavy atom. The zero-order chi connectivity index (χ0) is 9.64. The van der Waals surface area contributed by atoms with Crippen molar-refractivity contribution in [2.75, 3.05) is 0 Å². The molecular formula is C12H13BO. The van der Waals surface area contributed by atoms with E-state index in [9.17, 15) is 0 Å². The quantitative estimate of drug-likeness (QED) is 0.571. The van der Waals surface area contributed by atoms with Crippen molar-refractivity contribution in [3.63, 3.8) is 0 Å². The number of hydrogen-bond acceptors (Lipinski definition) is 1. The van der Waals surface area contributed by atoms with E-state index in [1.165, 1.54) is 19.3 Å². The summed E-state index contributed by atoms with van der Waals surface area (Å²) in [7, 11) is 1.70. The predicted molar refractivity (Wildman–Crippen MR) is 60.6 cm³/mol. The van der Waals surface area contributed by atoms with Crippen LogP contribution in [0.2, 0.25) is 0 Å². The van der Waals surface area contributed by atoms with E-state index in [0.717, 1.165) is 11.0 Å². The van der Waals surface area contributed by atoms with Crippen molar-refractivity contribution in [3.8, 4) is 0 Å². The van der Waals surface area contributed by atoms with Gasteiger partial charge in [-0.3, -0.25) is 0 Å². The average Bonchev–Trinajstić information content (AvgIpc) is 2.92. The van der Waals surface area contributed by atoms with Gasteiger partial charge in [0.15, 0.2) is 0 Å². The normalized spacial score (nSPS) is 13.7. The second kappa shape index (κ2) is 4.80. The Kier molecular flexibility index (Phi) is 3.17. The molecule has 1 aromatic heterocycles. The van der Waals surface area contributed by atoms with Gasteiger partial charge in [-0.15, -0.1) is 0 Å². The van der Waals surface area contributed by atoms with Gasteiger partial charge in [-0.1, -0.05) is 12.2 Å². The molecule has 1 aliphatic carbocycles. The van der Waals surface area contributed by atoms with Gasteiger partial charge in [0.2, 0.25) is 0 Å². The first-order valence-electron chi connectivity index (χ1n) is 5.04. The van der Waals surface area contributed by atoms with Gasteiger partial charge < -0.3 is 0 Å². The molecule has 0 saturated carbocycles. The minimum atomic E-state index is 0.956. The van der Waals surface area contributed by atoms with Gasteiger partial charge in [0.1, 0.15) is 0 Å². The minimum absolute atomic E-state index is 0.956. The Bertz CT molecular complexity index is 381. The second-order valence-electron chi connectivity index (χ2n) is 3.36. The molecule has 0 saturated heterocycles. The van der Waals surface area contributed by atoms with Crippen molar-refractivity contribution in [3.05, 3.63) is 42.4 Å². The van der Waals surface area contributed by atoms with E-state index < -0.39 is 0 Å². The number of hydrogen-bond donors (Lipinski definition) is 0. The zero-order valence-electron chi connectivity index (χ0n) is 8.15. The SMILES string of the molecule is C1=CCCC1.b1cc2ccccc2o1. The third-order valence-electron chi connectivity index (χ3n) is 2.27. The molecule has 2 aromatic rings. The van der Waals surface area contributed by atoms with Crippen LogP contribution in [0, 0.1) is 0 Å². The molecule has 1 aliphatic rings. The van der Waals surface area contributed by atoms with E-state index in [1.54, 1.807) is 7.13 Å². The molecule has 3 rings (SSSR count). The fourth-order valence-electron chi connectivity index (χ4n) is 1.50. The van der Waals surface area contributed by atoms with E-state index >= 15 is 0 Å². The predicted octanol–water partition coefficient (Wildman–Crippen LogP) is 3.50. The zero-order valence-corrected chi connectivity index (χ0v) is 8.15. The van der Waals surface area contributed by atoms with Crippen molar-refractivity contribution >= 4 is 18.1 Å². The molecule has 1 nitrogen and oxygen atoms in total. The number of rotatable bonds is 0. The van der Waals surface area contributed by atoms with Gasteiger partial charge in [0.25, 0.3) is 0 Å².